The second-order valence-corrected chi connectivity index (χ2v) is 4.72. The molecule has 5 heteroatoms. The van der Waals surface area contributed by atoms with Gasteiger partial charge in [0.05, 0.1) is 23.7 Å². The zero-order valence-electron chi connectivity index (χ0n) is 12.2. The van der Waals surface area contributed by atoms with E-state index in [1.807, 2.05) is 31.2 Å². The number of nitrogens with zero attached hydrogens (tertiary/aromatic N) is 2. The highest BCUT2D eigenvalue weighted by molar-refractivity contribution is 5.89. The topological polar surface area (TPSA) is 61.3 Å². The Bertz CT molecular complexity index is 829. The molecular formula is C17H14N2O3. The van der Waals surface area contributed by atoms with E-state index in [-0.39, 0.29) is 5.97 Å². The van der Waals surface area contributed by atoms with Crippen molar-refractivity contribution in [3.63, 3.8) is 0 Å². The molecule has 0 N–H and O–H groups in total. The van der Waals surface area contributed by atoms with Crippen molar-refractivity contribution >= 4 is 17.0 Å². The number of rotatable bonds is 3. The molecule has 0 bridgehead atoms. The van der Waals surface area contributed by atoms with Crippen LogP contribution in [0.15, 0.2) is 48.5 Å². The number of carbonyl (C=O) groups is 1. The molecule has 110 valence electrons. The molecule has 5 nitrogen and oxygen atoms in total. The van der Waals surface area contributed by atoms with E-state index in [1.165, 1.54) is 7.11 Å². The van der Waals surface area contributed by atoms with Crippen LogP contribution in [0, 0.1) is 6.92 Å². The highest BCUT2D eigenvalue weighted by Crippen LogP contribution is 2.24. The van der Waals surface area contributed by atoms with Gasteiger partial charge in [0.1, 0.15) is 11.4 Å². The van der Waals surface area contributed by atoms with Crippen LogP contribution in [0.3, 0.4) is 0 Å². The van der Waals surface area contributed by atoms with Crippen LogP contribution in [0.4, 0.5) is 0 Å². The quantitative estimate of drug-likeness (QED) is 0.692. The van der Waals surface area contributed by atoms with E-state index in [4.69, 9.17) is 4.74 Å². The van der Waals surface area contributed by atoms with Gasteiger partial charge in [-0.15, -0.1) is 0 Å². The second-order valence-electron chi connectivity index (χ2n) is 4.72. The Kier molecular flexibility index (Phi) is 3.70. The Balaban J connectivity index is 1.89. The summed E-state index contributed by atoms with van der Waals surface area (Å²) in [6.07, 6.45) is 0. The molecule has 0 fully saturated rings. The van der Waals surface area contributed by atoms with Crippen molar-refractivity contribution in [1.82, 2.24) is 9.97 Å². The van der Waals surface area contributed by atoms with Gasteiger partial charge in [0.15, 0.2) is 0 Å². The van der Waals surface area contributed by atoms with Crippen molar-refractivity contribution in [2.24, 2.45) is 0 Å². The fraction of sp³-hybridized carbons (Fsp3) is 0.118. The molecule has 0 atom stereocenters. The van der Waals surface area contributed by atoms with Gasteiger partial charge < -0.3 is 9.47 Å². The number of esters is 1. The molecule has 3 aromatic rings. The third kappa shape index (κ3) is 2.74. The third-order valence-corrected chi connectivity index (χ3v) is 3.19. The first-order chi connectivity index (χ1) is 10.7. The molecule has 0 saturated heterocycles. The first kappa shape index (κ1) is 14.0. The van der Waals surface area contributed by atoms with Crippen molar-refractivity contribution in [3.05, 3.63) is 59.8 Å². The summed E-state index contributed by atoms with van der Waals surface area (Å²) in [6, 6.07) is 14.3. The second kappa shape index (κ2) is 5.81. The largest absolute Gasteiger partial charge is 0.465 e. The molecule has 2 aromatic carbocycles. The lowest BCUT2D eigenvalue weighted by Gasteiger charge is -2.08. The highest BCUT2D eigenvalue weighted by atomic mass is 16.5. The summed E-state index contributed by atoms with van der Waals surface area (Å²) in [6.45, 7) is 1.84. The van der Waals surface area contributed by atoms with Crippen molar-refractivity contribution in [3.8, 4) is 11.6 Å². The number of methoxy groups -OCH3 is 1. The standard InChI is InChI=1S/C17H14N2O3/c1-11-16(19-15-6-4-3-5-14(15)18-11)22-13-9-7-12(8-10-13)17(20)21-2/h3-10H,1-2H3. The predicted molar refractivity (Wildman–Crippen MR) is 82.1 cm³/mol. The smallest absolute Gasteiger partial charge is 0.337 e. The lowest BCUT2D eigenvalue weighted by Crippen LogP contribution is -2.00. The van der Waals surface area contributed by atoms with Crippen molar-refractivity contribution in [1.29, 1.82) is 0 Å². The molecule has 0 radical (unpaired) electrons. The highest BCUT2D eigenvalue weighted by Gasteiger charge is 2.09. The summed E-state index contributed by atoms with van der Waals surface area (Å²) >= 11 is 0. The molecule has 0 unspecified atom stereocenters. The molecule has 0 saturated carbocycles. The molecule has 0 aliphatic rings. The first-order valence-electron chi connectivity index (χ1n) is 6.77. The van der Waals surface area contributed by atoms with Crippen LogP contribution in [0.2, 0.25) is 0 Å². The Hall–Kier alpha value is -2.95. The average molecular weight is 294 g/mol. The van der Waals surface area contributed by atoms with Crippen LogP contribution < -0.4 is 4.74 Å². The molecule has 0 aliphatic carbocycles. The predicted octanol–water partition coefficient (Wildman–Crippen LogP) is 3.52. The van der Waals surface area contributed by atoms with Crippen molar-refractivity contribution in [2.75, 3.05) is 7.11 Å². The van der Waals surface area contributed by atoms with Crippen LogP contribution >= 0.6 is 0 Å². The monoisotopic (exact) mass is 294 g/mol. The van der Waals surface area contributed by atoms with Crippen LogP contribution in [-0.2, 0) is 4.74 Å². The van der Waals surface area contributed by atoms with Gasteiger partial charge in [0.25, 0.3) is 0 Å². The number of fused-ring (bicyclic) bond motifs is 1. The zero-order chi connectivity index (χ0) is 15.5. The lowest BCUT2D eigenvalue weighted by atomic mass is 10.2. The Morgan fingerprint density at radius 1 is 0.955 bits per heavy atom. The first-order valence-corrected chi connectivity index (χ1v) is 6.77. The van der Waals surface area contributed by atoms with E-state index in [0.29, 0.717) is 22.9 Å². The van der Waals surface area contributed by atoms with E-state index in [1.54, 1.807) is 24.3 Å². The summed E-state index contributed by atoms with van der Waals surface area (Å²) in [5.74, 6) is 0.651. The number of ether oxygens (including phenoxy) is 2. The van der Waals surface area contributed by atoms with Crippen molar-refractivity contribution in [2.45, 2.75) is 6.92 Å². The summed E-state index contributed by atoms with van der Waals surface area (Å²) in [7, 11) is 1.35. The number of hydrogen-bond donors (Lipinski definition) is 0. The van der Waals surface area contributed by atoms with Gasteiger partial charge in [-0.2, -0.15) is 0 Å². The van der Waals surface area contributed by atoms with Gasteiger partial charge in [0, 0.05) is 0 Å². The summed E-state index contributed by atoms with van der Waals surface area (Å²) in [4.78, 5) is 20.3. The molecule has 1 heterocycles. The summed E-state index contributed by atoms with van der Waals surface area (Å²) in [5, 5.41) is 0. The van der Waals surface area contributed by atoms with Gasteiger partial charge in [-0.1, -0.05) is 12.1 Å². The molecule has 0 amide bonds. The molecule has 0 spiro atoms. The Labute approximate surface area is 127 Å². The van der Waals surface area contributed by atoms with Gasteiger partial charge >= 0.3 is 5.97 Å². The van der Waals surface area contributed by atoms with Gasteiger partial charge in [0.2, 0.25) is 5.88 Å². The number of benzene rings is 2. The van der Waals surface area contributed by atoms with E-state index >= 15 is 0 Å². The average Bonchev–Trinajstić information content (AvgIpc) is 2.55. The maximum Gasteiger partial charge on any atom is 0.337 e. The van der Waals surface area contributed by atoms with Crippen molar-refractivity contribution < 1.29 is 14.3 Å². The Morgan fingerprint density at radius 2 is 1.59 bits per heavy atom. The van der Waals surface area contributed by atoms with E-state index in [0.717, 1.165) is 11.0 Å². The number of hydrogen-bond acceptors (Lipinski definition) is 5. The van der Waals surface area contributed by atoms with Crippen LogP contribution in [0.5, 0.6) is 11.6 Å². The fourth-order valence-electron chi connectivity index (χ4n) is 2.06. The summed E-state index contributed by atoms with van der Waals surface area (Å²) < 4.78 is 10.4. The SMILES string of the molecule is COC(=O)c1ccc(Oc2nc3ccccc3nc2C)cc1. The maximum absolute atomic E-state index is 11.4. The molecule has 22 heavy (non-hydrogen) atoms. The number of aromatic nitrogens is 2. The van der Waals surface area contributed by atoms with Gasteiger partial charge in [-0.3, -0.25) is 0 Å². The van der Waals surface area contributed by atoms with Crippen LogP contribution in [0.1, 0.15) is 16.1 Å². The lowest BCUT2D eigenvalue weighted by molar-refractivity contribution is 0.0600. The minimum atomic E-state index is -0.381. The molecular weight excluding hydrogens is 280 g/mol. The third-order valence-electron chi connectivity index (χ3n) is 3.19. The maximum atomic E-state index is 11.4. The fourth-order valence-corrected chi connectivity index (χ4v) is 2.06. The number of aryl methyl sites for hydroxylation is 1. The molecule has 1 aromatic heterocycles. The van der Waals surface area contributed by atoms with E-state index in [9.17, 15) is 4.79 Å². The van der Waals surface area contributed by atoms with E-state index in [2.05, 4.69) is 14.7 Å². The number of para-hydroxylation sites is 2. The van der Waals surface area contributed by atoms with Crippen LogP contribution in [0.25, 0.3) is 11.0 Å². The molecule has 3 rings (SSSR count). The van der Waals surface area contributed by atoms with E-state index < -0.39 is 0 Å². The van der Waals surface area contributed by atoms with Gasteiger partial charge in [-0.05, 0) is 43.3 Å². The number of carbonyl (C=O) groups excluding carboxylic acids is 1. The minimum absolute atomic E-state index is 0.381. The van der Waals surface area contributed by atoms with Crippen LogP contribution in [-0.4, -0.2) is 23.0 Å². The minimum Gasteiger partial charge on any atom is -0.465 e. The normalized spacial score (nSPS) is 10.5. The molecule has 0 aliphatic heterocycles. The summed E-state index contributed by atoms with van der Waals surface area (Å²) in [5.41, 5.74) is 2.77. The zero-order valence-corrected chi connectivity index (χ0v) is 12.2. The Morgan fingerprint density at radius 3 is 2.23 bits per heavy atom. The van der Waals surface area contributed by atoms with Gasteiger partial charge in [-0.25, -0.2) is 14.8 Å².